The van der Waals surface area contributed by atoms with Gasteiger partial charge >= 0.3 is 0 Å². The Morgan fingerprint density at radius 3 is 1.53 bits per heavy atom. The zero-order valence-electron chi connectivity index (χ0n) is 10.7. The molecule has 0 saturated heterocycles. The molecule has 2 rings (SSSR count). The van der Waals surface area contributed by atoms with Crippen LogP contribution in [0, 0.1) is 20.8 Å². The Balaban J connectivity index is 0.000000171. The largest absolute Gasteiger partial charge is 0.246 e. The zero-order valence-corrected chi connectivity index (χ0v) is 10.7. The van der Waals surface area contributed by atoms with Crippen molar-refractivity contribution < 1.29 is 4.39 Å². The third-order valence-corrected chi connectivity index (χ3v) is 2.41. The molecule has 0 fully saturated rings. The predicted octanol–water partition coefficient (Wildman–Crippen LogP) is 4.77. The van der Waals surface area contributed by atoms with Crippen LogP contribution in [0.2, 0.25) is 0 Å². The Morgan fingerprint density at radius 1 is 0.765 bits per heavy atom. The van der Waals surface area contributed by atoms with Crippen LogP contribution in [-0.4, -0.2) is 0 Å². The van der Waals surface area contributed by atoms with Crippen molar-refractivity contribution in [3.8, 4) is 0 Å². The summed E-state index contributed by atoms with van der Waals surface area (Å²) in [6, 6.07) is 15.9. The molecule has 2 aromatic carbocycles. The molecule has 0 unspecified atom stereocenters. The summed E-state index contributed by atoms with van der Waals surface area (Å²) < 4.78 is 11.9. The number of benzene rings is 2. The van der Waals surface area contributed by atoms with Crippen molar-refractivity contribution in [3.63, 3.8) is 0 Å². The topological polar surface area (TPSA) is 0 Å². The van der Waals surface area contributed by atoms with Crippen LogP contribution in [0.15, 0.2) is 48.5 Å². The van der Waals surface area contributed by atoms with Crippen molar-refractivity contribution in [1.29, 1.82) is 0 Å². The Kier molecular flexibility index (Phi) is 5.41. The van der Waals surface area contributed by atoms with E-state index in [1.807, 2.05) is 25.1 Å². The van der Waals surface area contributed by atoms with Gasteiger partial charge in [0.25, 0.3) is 0 Å². The zero-order chi connectivity index (χ0) is 12.7. The van der Waals surface area contributed by atoms with Gasteiger partial charge in [-0.3, -0.25) is 0 Å². The molecule has 0 aliphatic rings. The molecule has 0 N–H and O–H groups in total. The maximum Gasteiger partial charge on any atom is 0.115 e. The summed E-state index contributed by atoms with van der Waals surface area (Å²) in [7, 11) is 0. The molecule has 0 atom stereocenters. The fraction of sp³-hybridized carbons (Fsp3) is 0.250. The highest BCUT2D eigenvalue weighted by Crippen LogP contribution is 2.04. The van der Waals surface area contributed by atoms with Crippen LogP contribution < -0.4 is 0 Å². The van der Waals surface area contributed by atoms with Crippen LogP contribution in [0.5, 0.6) is 0 Å². The summed E-state index contributed by atoms with van der Waals surface area (Å²) in [5.41, 5.74) is 4.55. The van der Waals surface area contributed by atoms with E-state index in [4.69, 9.17) is 0 Å². The van der Waals surface area contributed by atoms with Crippen molar-refractivity contribution in [3.05, 3.63) is 70.8 Å². The van der Waals surface area contributed by atoms with E-state index < -0.39 is 0 Å². The standard InChI is InChI=1S/C8H9F.C8H10/c1-7-3-2-4-8(5-7)6-9;1-7-4-3-5-8(2)6-7/h2-5H,6H2,1H3;3-6H,1-2H3. The Labute approximate surface area is 103 Å². The highest BCUT2D eigenvalue weighted by atomic mass is 19.1. The number of hydrogen-bond donors (Lipinski definition) is 0. The molecule has 1 heteroatoms. The Hall–Kier alpha value is -1.63. The lowest BCUT2D eigenvalue weighted by molar-refractivity contribution is 0.485. The van der Waals surface area contributed by atoms with E-state index in [1.54, 1.807) is 6.07 Å². The third kappa shape index (κ3) is 5.30. The van der Waals surface area contributed by atoms with E-state index in [0.717, 1.165) is 11.1 Å². The molecule has 0 aliphatic heterocycles. The Bertz CT molecular complexity index is 443. The van der Waals surface area contributed by atoms with E-state index in [9.17, 15) is 4.39 Å². The van der Waals surface area contributed by atoms with Crippen molar-refractivity contribution in [1.82, 2.24) is 0 Å². The van der Waals surface area contributed by atoms with Crippen LogP contribution >= 0.6 is 0 Å². The van der Waals surface area contributed by atoms with Gasteiger partial charge in [-0.25, -0.2) is 4.39 Å². The molecular formula is C16H19F. The lowest BCUT2D eigenvalue weighted by Crippen LogP contribution is -1.77. The maximum atomic E-state index is 11.9. The van der Waals surface area contributed by atoms with Crippen LogP contribution in [0.25, 0.3) is 0 Å². The molecule has 0 aliphatic carbocycles. The van der Waals surface area contributed by atoms with Crippen LogP contribution in [0.4, 0.5) is 4.39 Å². The van der Waals surface area contributed by atoms with Gasteiger partial charge in [-0.2, -0.15) is 0 Å². The molecule has 0 spiro atoms. The summed E-state index contributed by atoms with van der Waals surface area (Å²) in [6.07, 6.45) is 0. The van der Waals surface area contributed by atoms with Crippen LogP contribution in [-0.2, 0) is 6.67 Å². The smallest absolute Gasteiger partial charge is 0.115 e. The first-order chi connectivity index (χ1) is 8.11. The predicted molar refractivity (Wildman–Crippen MR) is 71.9 cm³/mol. The van der Waals surface area contributed by atoms with Gasteiger partial charge < -0.3 is 0 Å². The summed E-state index contributed by atoms with van der Waals surface area (Å²) >= 11 is 0. The third-order valence-electron chi connectivity index (χ3n) is 2.41. The van der Waals surface area contributed by atoms with E-state index in [0.29, 0.717) is 0 Å². The lowest BCUT2D eigenvalue weighted by Gasteiger charge is -1.93. The first-order valence-corrected chi connectivity index (χ1v) is 5.76. The summed E-state index contributed by atoms with van der Waals surface area (Å²) in [5, 5.41) is 0. The van der Waals surface area contributed by atoms with Gasteiger partial charge in [0.05, 0.1) is 0 Å². The van der Waals surface area contributed by atoms with Crippen molar-refractivity contribution in [2.24, 2.45) is 0 Å². The molecule has 0 saturated carbocycles. The Morgan fingerprint density at radius 2 is 1.24 bits per heavy atom. The van der Waals surface area contributed by atoms with Crippen molar-refractivity contribution >= 4 is 0 Å². The quantitative estimate of drug-likeness (QED) is 0.662. The van der Waals surface area contributed by atoms with Crippen molar-refractivity contribution in [2.75, 3.05) is 0 Å². The van der Waals surface area contributed by atoms with E-state index >= 15 is 0 Å². The van der Waals surface area contributed by atoms with Gasteiger partial charge in [-0.15, -0.1) is 0 Å². The monoisotopic (exact) mass is 230 g/mol. The number of rotatable bonds is 1. The molecule has 90 valence electrons. The lowest BCUT2D eigenvalue weighted by atomic mass is 10.2. The number of alkyl halides is 1. The van der Waals surface area contributed by atoms with Crippen molar-refractivity contribution in [2.45, 2.75) is 27.4 Å². The molecule has 2 aromatic rings. The minimum atomic E-state index is -0.359. The number of aryl methyl sites for hydroxylation is 3. The molecule has 0 aromatic heterocycles. The van der Waals surface area contributed by atoms with Gasteiger partial charge in [-0.05, 0) is 26.3 Å². The van der Waals surface area contributed by atoms with Gasteiger partial charge in [0.15, 0.2) is 0 Å². The van der Waals surface area contributed by atoms with Crippen LogP contribution in [0.3, 0.4) is 0 Å². The first kappa shape index (κ1) is 13.4. The normalized spacial score (nSPS) is 9.41. The fourth-order valence-corrected chi connectivity index (χ4v) is 1.60. The molecule has 0 bridgehead atoms. The maximum absolute atomic E-state index is 11.9. The van der Waals surface area contributed by atoms with E-state index in [1.165, 1.54) is 11.1 Å². The van der Waals surface area contributed by atoms with Gasteiger partial charge in [-0.1, -0.05) is 65.2 Å². The number of hydrogen-bond acceptors (Lipinski definition) is 0. The second-order valence-electron chi connectivity index (χ2n) is 4.28. The van der Waals surface area contributed by atoms with Gasteiger partial charge in [0.1, 0.15) is 6.67 Å². The molecular weight excluding hydrogens is 211 g/mol. The minimum Gasteiger partial charge on any atom is -0.246 e. The van der Waals surface area contributed by atoms with Gasteiger partial charge in [0, 0.05) is 0 Å². The average Bonchev–Trinajstić information content (AvgIpc) is 2.29. The highest BCUT2D eigenvalue weighted by Gasteiger charge is 1.88. The first-order valence-electron chi connectivity index (χ1n) is 5.76. The van der Waals surface area contributed by atoms with E-state index in [2.05, 4.69) is 38.1 Å². The highest BCUT2D eigenvalue weighted by molar-refractivity contribution is 5.21. The minimum absolute atomic E-state index is 0.359. The SMILES string of the molecule is Cc1cccc(C)c1.Cc1cccc(CF)c1. The van der Waals surface area contributed by atoms with E-state index in [-0.39, 0.29) is 6.67 Å². The molecule has 17 heavy (non-hydrogen) atoms. The molecule has 0 nitrogen and oxygen atoms in total. The second-order valence-corrected chi connectivity index (χ2v) is 4.28. The average molecular weight is 230 g/mol. The molecule has 0 heterocycles. The van der Waals surface area contributed by atoms with Crippen LogP contribution in [0.1, 0.15) is 22.3 Å². The fourth-order valence-electron chi connectivity index (χ4n) is 1.60. The van der Waals surface area contributed by atoms with Gasteiger partial charge in [0.2, 0.25) is 0 Å². The summed E-state index contributed by atoms with van der Waals surface area (Å²) in [4.78, 5) is 0. The summed E-state index contributed by atoms with van der Waals surface area (Å²) in [5.74, 6) is 0. The molecule has 0 amide bonds. The number of halogens is 1. The molecule has 0 radical (unpaired) electrons. The second kappa shape index (κ2) is 6.85. The summed E-state index contributed by atoms with van der Waals surface area (Å²) in [6.45, 7) is 5.81.